The maximum atomic E-state index is 12.3. The van der Waals surface area contributed by atoms with Crippen LogP contribution in [0.25, 0.3) is 16.9 Å². The third-order valence-electron chi connectivity index (χ3n) is 4.79. The molecule has 0 fully saturated rings. The van der Waals surface area contributed by atoms with Gasteiger partial charge in [0.1, 0.15) is 0 Å². The Hall–Kier alpha value is -3.13. The number of hydrogen-bond acceptors (Lipinski definition) is 5. The molecular weight excluding hydrogens is 396 g/mol. The second-order valence-corrected chi connectivity index (χ2v) is 8.00. The summed E-state index contributed by atoms with van der Waals surface area (Å²) in [5.74, 6) is 1.06. The van der Waals surface area contributed by atoms with Crippen LogP contribution in [0.3, 0.4) is 0 Å². The summed E-state index contributed by atoms with van der Waals surface area (Å²) in [5, 5.41) is 8.26. The highest BCUT2D eigenvalue weighted by Crippen LogP contribution is 2.23. The number of imidazole rings is 1. The van der Waals surface area contributed by atoms with Gasteiger partial charge in [-0.25, -0.2) is 14.6 Å². The lowest BCUT2D eigenvalue weighted by molar-refractivity contribution is -0.118. The molecule has 3 aromatic heterocycles. The topological polar surface area (TPSA) is 77.6 Å². The zero-order valence-electron chi connectivity index (χ0n) is 17.3. The van der Waals surface area contributed by atoms with Gasteiger partial charge in [0.05, 0.1) is 22.5 Å². The third-order valence-corrected chi connectivity index (χ3v) is 5.77. The maximum Gasteiger partial charge on any atom is 0.230 e. The minimum absolute atomic E-state index is 0.0302. The Morgan fingerprint density at radius 1 is 1.17 bits per heavy atom. The molecule has 0 aliphatic carbocycles. The van der Waals surface area contributed by atoms with Gasteiger partial charge in [-0.2, -0.15) is 5.10 Å². The molecule has 1 amide bonds. The number of aromatic nitrogens is 5. The number of benzene rings is 1. The van der Waals surface area contributed by atoms with E-state index in [0.29, 0.717) is 12.3 Å². The number of carbonyl (C=O) groups excluding carboxylic acids is 1. The van der Waals surface area contributed by atoms with Crippen LogP contribution in [0.15, 0.2) is 53.8 Å². The molecule has 0 aliphatic rings. The van der Waals surface area contributed by atoms with Gasteiger partial charge in [-0.05, 0) is 50.6 Å². The number of para-hydroxylation sites is 2. The number of nitrogens with one attached hydrogen (secondary N) is 1. The third kappa shape index (κ3) is 4.23. The van der Waals surface area contributed by atoms with Crippen molar-refractivity contribution in [1.82, 2.24) is 29.6 Å². The van der Waals surface area contributed by atoms with Crippen molar-refractivity contribution >= 4 is 28.7 Å². The van der Waals surface area contributed by atoms with Crippen molar-refractivity contribution in [2.24, 2.45) is 0 Å². The minimum atomic E-state index is -0.0302. The normalized spacial score (nSPS) is 11.2. The van der Waals surface area contributed by atoms with Crippen molar-refractivity contribution in [2.75, 3.05) is 5.75 Å². The Balaban J connectivity index is 1.33. The van der Waals surface area contributed by atoms with Crippen LogP contribution in [0, 0.1) is 13.8 Å². The van der Waals surface area contributed by atoms with Crippen LogP contribution in [0.1, 0.15) is 23.9 Å². The smallest absolute Gasteiger partial charge is 0.230 e. The first kappa shape index (κ1) is 20.2. The summed E-state index contributed by atoms with van der Waals surface area (Å²) in [4.78, 5) is 21.5. The predicted octanol–water partition coefficient (Wildman–Crippen LogP) is 3.66. The van der Waals surface area contributed by atoms with Crippen LogP contribution in [-0.4, -0.2) is 36.0 Å². The molecular formula is C22H24N6OS. The van der Waals surface area contributed by atoms with E-state index in [2.05, 4.69) is 37.9 Å². The number of hydrogen-bond donors (Lipinski definition) is 1. The Labute approximate surface area is 179 Å². The van der Waals surface area contributed by atoms with Crippen LogP contribution in [-0.2, 0) is 17.9 Å². The predicted molar refractivity (Wildman–Crippen MR) is 119 cm³/mol. The lowest BCUT2D eigenvalue weighted by atomic mass is 10.3. The molecule has 7 nitrogen and oxygen atoms in total. The number of rotatable bonds is 7. The molecule has 4 rings (SSSR count). The Morgan fingerprint density at radius 3 is 2.70 bits per heavy atom. The zero-order valence-corrected chi connectivity index (χ0v) is 18.1. The van der Waals surface area contributed by atoms with E-state index in [9.17, 15) is 4.79 Å². The molecule has 30 heavy (non-hydrogen) atoms. The number of pyridine rings is 1. The first-order valence-corrected chi connectivity index (χ1v) is 10.9. The van der Waals surface area contributed by atoms with Gasteiger partial charge in [0.25, 0.3) is 0 Å². The van der Waals surface area contributed by atoms with E-state index >= 15 is 0 Å². The van der Waals surface area contributed by atoms with Crippen LogP contribution in [0.5, 0.6) is 0 Å². The summed E-state index contributed by atoms with van der Waals surface area (Å²) in [6, 6.07) is 13.9. The first-order chi connectivity index (χ1) is 14.5. The van der Waals surface area contributed by atoms with Crippen LogP contribution >= 0.6 is 11.8 Å². The summed E-state index contributed by atoms with van der Waals surface area (Å²) in [6.07, 6.45) is 1.77. The quantitative estimate of drug-likeness (QED) is 0.462. The lowest BCUT2D eigenvalue weighted by Gasteiger charge is -2.08. The number of amides is 1. The molecule has 1 N–H and O–H groups in total. The van der Waals surface area contributed by atoms with E-state index in [1.54, 1.807) is 6.20 Å². The van der Waals surface area contributed by atoms with Crippen molar-refractivity contribution in [2.45, 2.75) is 39.0 Å². The van der Waals surface area contributed by atoms with E-state index in [0.717, 1.165) is 45.5 Å². The van der Waals surface area contributed by atoms with Gasteiger partial charge in [-0.1, -0.05) is 30.0 Å². The number of fused-ring (bicyclic) bond motifs is 1. The fraction of sp³-hybridized carbons (Fsp3) is 0.273. The summed E-state index contributed by atoms with van der Waals surface area (Å²) in [7, 11) is 0. The molecule has 0 spiro atoms. The van der Waals surface area contributed by atoms with Gasteiger partial charge < -0.3 is 9.88 Å². The molecule has 0 aliphatic heterocycles. The average Bonchev–Trinajstić information content (AvgIpc) is 3.29. The zero-order chi connectivity index (χ0) is 21.1. The first-order valence-electron chi connectivity index (χ1n) is 9.88. The van der Waals surface area contributed by atoms with Crippen molar-refractivity contribution in [1.29, 1.82) is 0 Å². The number of nitrogens with zero attached hydrogens (tertiary/aromatic N) is 5. The average molecular weight is 421 g/mol. The summed E-state index contributed by atoms with van der Waals surface area (Å²) >= 11 is 1.46. The monoisotopic (exact) mass is 420 g/mol. The lowest BCUT2D eigenvalue weighted by Crippen LogP contribution is -2.24. The number of carbonyl (C=O) groups is 1. The largest absolute Gasteiger partial charge is 0.351 e. The van der Waals surface area contributed by atoms with E-state index in [1.165, 1.54) is 11.8 Å². The van der Waals surface area contributed by atoms with E-state index in [1.807, 2.05) is 54.9 Å². The Bertz CT molecular complexity index is 1180. The van der Waals surface area contributed by atoms with Crippen LogP contribution in [0.2, 0.25) is 0 Å². The van der Waals surface area contributed by atoms with Crippen LogP contribution < -0.4 is 5.32 Å². The van der Waals surface area contributed by atoms with Crippen molar-refractivity contribution < 1.29 is 4.79 Å². The summed E-state index contributed by atoms with van der Waals surface area (Å²) in [6.45, 7) is 7.30. The molecule has 8 heteroatoms. The van der Waals surface area contributed by atoms with Crippen molar-refractivity contribution in [3.8, 4) is 5.82 Å². The molecule has 154 valence electrons. The van der Waals surface area contributed by atoms with Gasteiger partial charge in [-0.3, -0.25) is 4.79 Å². The summed E-state index contributed by atoms with van der Waals surface area (Å²) in [5.41, 5.74) is 4.99. The van der Waals surface area contributed by atoms with Crippen molar-refractivity contribution in [3.63, 3.8) is 0 Å². The van der Waals surface area contributed by atoms with Gasteiger partial charge >= 0.3 is 0 Å². The molecule has 3 heterocycles. The molecule has 0 radical (unpaired) electrons. The second-order valence-electron chi connectivity index (χ2n) is 7.06. The SMILES string of the molecule is CCn1c(SCC(=O)NCc2ccc(-n3nc(C)cc3C)nc2)nc2ccccc21. The minimum Gasteiger partial charge on any atom is -0.351 e. The fourth-order valence-corrected chi connectivity index (χ4v) is 4.27. The number of thioether (sulfide) groups is 1. The molecule has 0 saturated carbocycles. The van der Waals surface area contributed by atoms with E-state index < -0.39 is 0 Å². The molecule has 0 saturated heterocycles. The highest BCUT2D eigenvalue weighted by Gasteiger charge is 2.12. The highest BCUT2D eigenvalue weighted by atomic mass is 32.2. The van der Waals surface area contributed by atoms with E-state index in [4.69, 9.17) is 0 Å². The molecule has 1 aromatic carbocycles. The Kier molecular flexibility index (Phi) is 5.85. The molecule has 0 atom stereocenters. The van der Waals surface area contributed by atoms with Gasteiger partial charge in [-0.15, -0.1) is 0 Å². The van der Waals surface area contributed by atoms with Crippen LogP contribution in [0.4, 0.5) is 0 Å². The van der Waals surface area contributed by atoms with Gasteiger partial charge in [0.2, 0.25) is 5.91 Å². The van der Waals surface area contributed by atoms with Gasteiger partial charge in [0, 0.05) is 25.0 Å². The molecule has 4 aromatic rings. The molecule has 0 bridgehead atoms. The standard InChI is InChI=1S/C22H24N6OS/c1-4-27-19-8-6-5-7-18(19)25-22(27)30-14-21(29)24-13-17-9-10-20(23-12-17)28-16(3)11-15(2)26-28/h5-12H,4,13-14H2,1-3H3,(H,24,29). The number of aryl methyl sites for hydroxylation is 3. The van der Waals surface area contributed by atoms with Gasteiger partial charge in [0.15, 0.2) is 11.0 Å². The molecule has 0 unspecified atom stereocenters. The Morgan fingerprint density at radius 2 is 2.00 bits per heavy atom. The summed E-state index contributed by atoms with van der Waals surface area (Å²) < 4.78 is 3.95. The highest BCUT2D eigenvalue weighted by molar-refractivity contribution is 7.99. The fourth-order valence-electron chi connectivity index (χ4n) is 3.36. The van der Waals surface area contributed by atoms with E-state index in [-0.39, 0.29) is 5.91 Å². The second kappa shape index (κ2) is 8.71. The van der Waals surface area contributed by atoms with Crippen molar-refractivity contribution in [3.05, 3.63) is 65.6 Å². The maximum absolute atomic E-state index is 12.3.